The van der Waals surface area contributed by atoms with Crippen molar-refractivity contribution in [2.24, 2.45) is 0 Å². The minimum atomic E-state index is -1.16. The van der Waals surface area contributed by atoms with E-state index in [-0.39, 0.29) is 5.78 Å². The van der Waals surface area contributed by atoms with Crippen LogP contribution in [-0.2, 0) is 4.79 Å². The van der Waals surface area contributed by atoms with E-state index >= 15 is 0 Å². The van der Waals surface area contributed by atoms with Crippen molar-refractivity contribution in [3.8, 4) is 11.1 Å². The van der Waals surface area contributed by atoms with Crippen LogP contribution in [0.2, 0.25) is 10.0 Å². The average molecular weight is 321 g/mol. The van der Waals surface area contributed by atoms with E-state index in [1.54, 1.807) is 42.5 Å². The number of hydrogen-bond donors (Lipinski definition) is 1. The number of carbonyl (C=O) groups is 2. The molecule has 5 heteroatoms. The fourth-order valence-electron chi connectivity index (χ4n) is 1.78. The molecule has 0 saturated heterocycles. The molecule has 0 aliphatic carbocycles. The highest BCUT2D eigenvalue weighted by Gasteiger charge is 2.06. The first-order valence-electron chi connectivity index (χ1n) is 5.98. The summed E-state index contributed by atoms with van der Waals surface area (Å²) in [5, 5.41) is 9.56. The van der Waals surface area contributed by atoms with E-state index in [1.165, 1.54) is 0 Å². The van der Waals surface area contributed by atoms with Gasteiger partial charge in [-0.1, -0.05) is 53.5 Å². The Labute approximate surface area is 131 Å². The maximum absolute atomic E-state index is 11.7. The molecule has 0 aliphatic rings. The van der Waals surface area contributed by atoms with Gasteiger partial charge in [0.2, 0.25) is 0 Å². The summed E-state index contributed by atoms with van der Waals surface area (Å²) >= 11 is 12.0. The molecule has 21 heavy (non-hydrogen) atoms. The molecular formula is C16H10Cl2O3. The lowest BCUT2D eigenvalue weighted by Gasteiger charge is -2.05. The number of ketones is 1. The molecule has 0 aromatic heterocycles. The second kappa shape index (κ2) is 6.57. The van der Waals surface area contributed by atoms with Gasteiger partial charge in [-0.2, -0.15) is 0 Å². The van der Waals surface area contributed by atoms with Crippen LogP contribution in [0, 0.1) is 0 Å². The van der Waals surface area contributed by atoms with E-state index in [0.717, 1.165) is 23.3 Å². The summed E-state index contributed by atoms with van der Waals surface area (Å²) < 4.78 is 0. The highest BCUT2D eigenvalue weighted by molar-refractivity contribution is 6.36. The smallest absolute Gasteiger partial charge is 0.328 e. The Bertz CT molecular complexity index is 719. The highest BCUT2D eigenvalue weighted by atomic mass is 35.5. The molecule has 0 bridgehead atoms. The number of carbonyl (C=O) groups excluding carboxylic acids is 1. The number of allylic oxidation sites excluding steroid dienone is 1. The van der Waals surface area contributed by atoms with Crippen LogP contribution in [0.3, 0.4) is 0 Å². The van der Waals surface area contributed by atoms with E-state index in [1.807, 2.05) is 0 Å². The Morgan fingerprint density at radius 3 is 2.19 bits per heavy atom. The van der Waals surface area contributed by atoms with Gasteiger partial charge in [0.1, 0.15) is 0 Å². The summed E-state index contributed by atoms with van der Waals surface area (Å²) in [5.41, 5.74) is 2.05. The summed E-state index contributed by atoms with van der Waals surface area (Å²) in [6, 6.07) is 11.9. The van der Waals surface area contributed by atoms with Gasteiger partial charge in [0.15, 0.2) is 5.78 Å². The molecule has 0 atom stereocenters. The van der Waals surface area contributed by atoms with Crippen LogP contribution in [0.25, 0.3) is 11.1 Å². The quantitative estimate of drug-likeness (QED) is 0.667. The van der Waals surface area contributed by atoms with E-state index in [4.69, 9.17) is 28.3 Å². The third-order valence-electron chi connectivity index (χ3n) is 2.79. The Morgan fingerprint density at radius 2 is 1.62 bits per heavy atom. The van der Waals surface area contributed by atoms with E-state index in [0.29, 0.717) is 15.6 Å². The molecule has 2 rings (SSSR count). The third-order valence-corrected chi connectivity index (χ3v) is 3.34. The molecule has 0 aliphatic heterocycles. The second-order valence-corrected chi connectivity index (χ2v) is 5.08. The molecule has 0 spiro atoms. The fraction of sp³-hybridized carbons (Fsp3) is 0. The van der Waals surface area contributed by atoms with Crippen molar-refractivity contribution in [1.29, 1.82) is 0 Å². The zero-order chi connectivity index (χ0) is 15.4. The Kier molecular flexibility index (Phi) is 4.78. The van der Waals surface area contributed by atoms with Crippen molar-refractivity contribution in [3.63, 3.8) is 0 Å². The summed E-state index contributed by atoms with van der Waals surface area (Å²) in [4.78, 5) is 22.1. The predicted molar refractivity (Wildman–Crippen MR) is 83.0 cm³/mol. The molecule has 106 valence electrons. The van der Waals surface area contributed by atoms with E-state index < -0.39 is 5.97 Å². The van der Waals surface area contributed by atoms with Gasteiger partial charge in [0.05, 0.1) is 0 Å². The molecule has 2 aromatic rings. The zero-order valence-corrected chi connectivity index (χ0v) is 12.2. The maximum atomic E-state index is 11.7. The van der Waals surface area contributed by atoms with Gasteiger partial charge in [0, 0.05) is 27.2 Å². The SMILES string of the molecule is O=C(O)/C=C/C(=O)c1ccc(-c2ccc(Cl)cc2Cl)cc1. The van der Waals surface area contributed by atoms with Gasteiger partial charge < -0.3 is 5.11 Å². The molecular weight excluding hydrogens is 311 g/mol. The fourth-order valence-corrected chi connectivity index (χ4v) is 2.30. The first-order valence-corrected chi connectivity index (χ1v) is 6.74. The van der Waals surface area contributed by atoms with Gasteiger partial charge in [-0.25, -0.2) is 4.79 Å². The summed E-state index contributed by atoms with van der Waals surface area (Å²) in [6.45, 7) is 0. The monoisotopic (exact) mass is 320 g/mol. The van der Waals surface area contributed by atoms with Crippen LogP contribution in [0.4, 0.5) is 0 Å². The summed E-state index contributed by atoms with van der Waals surface area (Å²) in [7, 11) is 0. The largest absolute Gasteiger partial charge is 0.478 e. The number of benzene rings is 2. The molecule has 3 nitrogen and oxygen atoms in total. The highest BCUT2D eigenvalue weighted by Crippen LogP contribution is 2.30. The third kappa shape index (κ3) is 3.94. The molecule has 0 amide bonds. The predicted octanol–water partition coefficient (Wildman–Crippen LogP) is 4.48. The summed E-state index contributed by atoms with van der Waals surface area (Å²) in [6.07, 6.45) is 1.83. The van der Waals surface area contributed by atoms with Crippen molar-refractivity contribution in [3.05, 3.63) is 70.2 Å². The van der Waals surface area contributed by atoms with Crippen molar-refractivity contribution >= 4 is 35.0 Å². The van der Waals surface area contributed by atoms with Crippen molar-refractivity contribution < 1.29 is 14.7 Å². The van der Waals surface area contributed by atoms with Crippen LogP contribution in [-0.4, -0.2) is 16.9 Å². The van der Waals surface area contributed by atoms with Crippen molar-refractivity contribution in [2.45, 2.75) is 0 Å². The number of halogens is 2. The van der Waals surface area contributed by atoms with Crippen LogP contribution in [0.1, 0.15) is 10.4 Å². The van der Waals surface area contributed by atoms with Crippen LogP contribution in [0.15, 0.2) is 54.6 Å². The lowest BCUT2D eigenvalue weighted by atomic mass is 10.0. The lowest BCUT2D eigenvalue weighted by molar-refractivity contribution is -0.131. The number of carboxylic acid groups (broad SMARTS) is 1. The number of hydrogen-bond acceptors (Lipinski definition) is 2. The van der Waals surface area contributed by atoms with Crippen molar-refractivity contribution in [2.75, 3.05) is 0 Å². The Balaban J connectivity index is 2.26. The molecule has 0 heterocycles. The van der Waals surface area contributed by atoms with Gasteiger partial charge in [-0.15, -0.1) is 0 Å². The van der Waals surface area contributed by atoms with Crippen LogP contribution >= 0.6 is 23.2 Å². The molecule has 0 radical (unpaired) electrons. The first-order chi connectivity index (χ1) is 9.97. The topological polar surface area (TPSA) is 54.4 Å². The van der Waals surface area contributed by atoms with Crippen molar-refractivity contribution in [1.82, 2.24) is 0 Å². The Hall–Kier alpha value is -2.10. The molecule has 2 aromatic carbocycles. The number of aliphatic carboxylic acids is 1. The molecule has 0 saturated carbocycles. The van der Waals surface area contributed by atoms with Gasteiger partial charge >= 0.3 is 5.97 Å². The zero-order valence-electron chi connectivity index (χ0n) is 10.7. The van der Waals surface area contributed by atoms with Gasteiger partial charge in [-0.05, 0) is 23.8 Å². The minimum absolute atomic E-state index is 0.369. The maximum Gasteiger partial charge on any atom is 0.328 e. The lowest BCUT2D eigenvalue weighted by Crippen LogP contribution is -1.96. The first kappa shape index (κ1) is 15.3. The van der Waals surface area contributed by atoms with Gasteiger partial charge in [0.25, 0.3) is 0 Å². The number of carboxylic acids is 1. The van der Waals surface area contributed by atoms with E-state index in [2.05, 4.69) is 0 Å². The molecule has 0 unspecified atom stereocenters. The van der Waals surface area contributed by atoms with Crippen LogP contribution < -0.4 is 0 Å². The average Bonchev–Trinajstić information content (AvgIpc) is 2.45. The Morgan fingerprint density at radius 1 is 0.952 bits per heavy atom. The molecule has 0 fully saturated rings. The minimum Gasteiger partial charge on any atom is -0.478 e. The van der Waals surface area contributed by atoms with Gasteiger partial charge in [-0.3, -0.25) is 4.79 Å². The standard InChI is InChI=1S/C16H10Cl2O3/c17-12-5-6-13(14(18)9-12)10-1-3-11(4-2-10)15(19)7-8-16(20)21/h1-9H,(H,20,21)/b8-7+. The van der Waals surface area contributed by atoms with Crippen LogP contribution in [0.5, 0.6) is 0 Å². The summed E-state index contributed by atoms with van der Waals surface area (Å²) in [5.74, 6) is -1.53. The normalized spacial score (nSPS) is 10.8. The molecule has 1 N–H and O–H groups in total. The van der Waals surface area contributed by atoms with E-state index in [9.17, 15) is 9.59 Å². The number of rotatable bonds is 4. The second-order valence-electron chi connectivity index (χ2n) is 4.24.